The van der Waals surface area contributed by atoms with Crippen LogP contribution in [0.2, 0.25) is 0 Å². The molecule has 0 saturated carbocycles. The highest BCUT2D eigenvalue weighted by Crippen LogP contribution is 2.39. The maximum atomic E-state index is 14.8. The summed E-state index contributed by atoms with van der Waals surface area (Å²) in [4.78, 5) is 24.3. The van der Waals surface area contributed by atoms with Gasteiger partial charge < -0.3 is 15.0 Å². The summed E-state index contributed by atoms with van der Waals surface area (Å²) in [6, 6.07) is 6.21. The summed E-state index contributed by atoms with van der Waals surface area (Å²) in [5, 5.41) is 7.43. The lowest BCUT2D eigenvalue weighted by atomic mass is 10.1. The number of guanidine groups is 1. The molecule has 0 saturated heterocycles. The van der Waals surface area contributed by atoms with Crippen molar-refractivity contribution in [1.82, 2.24) is 14.8 Å². The minimum atomic E-state index is -2.58. The summed E-state index contributed by atoms with van der Waals surface area (Å²) in [5.74, 6) is -0.00458. The van der Waals surface area contributed by atoms with Crippen LogP contribution in [0.5, 0.6) is 5.88 Å². The number of pyridine rings is 1. The van der Waals surface area contributed by atoms with E-state index in [-0.39, 0.29) is 11.6 Å². The maximum Gasteiger partial charge on any atom is 0.280 e. The first-order valence-electron chi connectivity index (χ1n) is 12.3. The Hall–Kier alpha value is -3.80. The van der Waals surface area contributed by atoms with Gasteiger partial charge in [0.25, 0.3) is 5.91 Å². The molecule has 12 heteroatoms. The molecule has 2 aliphatic heterocycles. The average Bonchev–Trinajstić information content (AvgIpc) is 3.34. The van der Waals surface area contributed by atoms with E-state index in [4.69, 9.17) is 4.74 Å². The third-order valence-corrected chi connectivity index (χ3v) is 6.96. The van der Waals surface area contributed by atoms with Crippen LogP contribution in [0, 0.1) is 18.7 Å². The number of nitrogens with zero attached hydrogens (tertiary/aromatic N) is 6. The molecule has 1 amide bonds. The number of hydrogen-bond donors (Lipinski definition) is 1. The predicted molar refractivity (Wildman–Crippen MR) is 146 cm³/mol. The molecule has 1 N–H and O–H groups in total. The Morgan fingerprint density at radius 3 is 2.79 bits per heavy atom. The number of fused-ring (bicyclic) bond motifs is 7. The van der Waals surface area contributed by atoms with E-state index >= 15 is 0 Å². The number of benzene rings is 1. The van der Waals surface area contributed by atoms with Crippen LogP contribution in [-0.4, -0.2) is 56.5 Å². The summed E-state index contributed by atoms with van der Waals surface area (Å²) in [6.45, 7) is 4.91. The van der Waals surface area contributed by atoms with E-state index in [0.717, 1.165) is 12.8 Å². The second kappa shape index (κ2) is 9.82. The largest absolute Gasteiger partial charge is 0.477 e. The van der Waals surface area contributed by atoms with Crippen molar-refractivity contribution < 1.29 is 18.1 Å². The lowest BCUT2D eigenvalue weighted by molar-refractivity contribution is 0.100. The lowest BCUT2D eigenvalue weighted by Crippen LogP contribution is -2.35. The molecule has 1 unspecified atom stereocenters. The van der Waals surface area contributed by atoms with Gasteiger partial charge in [-0.15, -0.1) is 0 Å². The average molecular weight is 540 g/mol. The fourth-order valence-electron chi connectivity index (χ4n) is 4.62. The van der Waals surface area contributed by atoms with Crippen LogP contribution >= 0.6 is 0 Å². The third kappa shape index (κ3) is 5.26. The Bertz CT molecular complexity index is 1580. The number of anilines is 2. The van der Waals surface area contributed by atoms with Gasteiger partial charge >= 0.3 is 0 Å². The molecule has 2 aromatic heterocycles. The van der Waals surface area contributed by atoms with Crippen molar-refractivity contribution in [3.8, 4) is 17.1 Å². The first-order valence-corrected chi connectivity index (χ1v) is 14.6. The molecule has 200 valence electrons. The zero-order chi connectivity index (χ0) is 27.2. The van der Waals surface area contributed by atoms with Crippen LogP contribution in [0.25, 0.3) is 11.3 Å². The normalized spacial score (nSPS) is 19.1. The predicted octanol–water partition coefficient (Wildman–Crippen LogP) is 4.53. The quantitative estimate of drug-likeness (QED) is 0.483. The lowest BCUT2D eigenvalue weighted by Gasteiger charge is -2.23. The first kappa shape index (κ1) is 25.8. The number of aliphatic imine (C=N–C) groups is 1. The van der Waals surface area contributed by atoms with E-state index < -0.39 is 21.5 Å². The number of carbonyl (C=O) groups excluding carboxylic acids is 1. The van der Waals surface area contributed by atoms with Gasteiger partial charge in [-0.05, 0) is 43.9 Å². The van der Waals surface area contributed by atoms with Crippen molar-refractivity contribution in [3.05, 3.63) is 47.5 Å². The van der Waals surface area contributed by atoms with Crippen molar-refractivity contribution in [3.63, 3.8) is 0 Å². The van der Waals surface area contributed by atoms with Gasteiger partial charge in [0, 0.05) is 53.2 Å². The molecule has 0 aliphatic carbocycles. The summed E-state index contributed by atoms with van der Waals surface area (Å²) in [5.41, 5.74) is 3.36. The number of nitrogens with one attached hydrogen (secondary N) is 1. The molecule has 2 aliphatic rings. The summed E-state index contributed by atoms with van der Waals surface area (Å²) >= 11 is 0. The van der Waals surface area contributed by atoms with Crippen LogP contribution < -0.4 is 15.0 Å². The van der Waals surface area contributed by atoms with Gasteiger partial charge in [0.2, 0.25) is 11.8 Å². The van der Waals surface area contributed by atoms with Crippen LogP contribution in [0.4, 0.5) is 21.5 Å². The Morgan fingerprint density at radius 2 is 2.03 bits per heavy atom. The second-order valence-electron chi connectivity index (χ2n) is 10.0. The van der Waals surface area contributed by atoms with Gasteiger partial charge in [0.15, 0.2) is 5.82 Å². The Kier molecular flexibility index (Phi) is 6.68. The molecule has 0 radical (unpaired) electrons. The Labute approximate surface area is 221 Å². The number of aryl methyl sites for hydroxylation is 2. The van der Waals surface area contributed by atoms with E-state index in [2.05, 4.69) is 31.7 Å². The van der Waals surface area contributed by atoms with E-state index in [1.807, 2.05) is 11.8 Å². The summed E-state index contributed by atoms with van der Waals surface area (Å²) < 4.78 is 39.0. The van der Waals surface area contributed by atoms with E-state index in [9.17, 15) is 13.4 Å². The molecular weight excluding hydrogens is 509 g/mol. The van der Waals surface area contributed by atoms with Crippen molar-refractivity contribution in [2.45, 2.75) is 26.7 Å². The SMILES string of the molecule is Cc1cc2cc(n1)-c1cnn(C)c1OCCCC(C)CN1/C(=N/C2=O)Nc2cc(F)c(N=S(C)(C)=O)cc21. The van der Waals surface area contributed by atoms with E-state index in [1.54, 1.807) is 36.1 Å². The Balaban J connectivity index is 1.61. The van der Waals surface area contributed by atoms with Gasteiger partial charge in [-0.2, -0.15) is 14.5 Å². The number of hydrogen-bond acceptors (Lipinski definition) is 8. The number of aromatic nitrogens is 3. The van der Waals surface area contributed by atoms with Crippen LogP contribution in [0.3, 0.4) is 0 Å². The molecule has 1 atom stereocenters. The van der Waals surface area contributed by atoms with Gasteiger partial charge in [0.05, 0.1) is 35.4 Å². The Morgan fingerprint density at radius 1 is 1.24 bits per heavy atom. The van der Waals surface area contributed by atoms with E-state index in [0.29, 0.717) is 58.9 Å². The summed E-state index contributed by atoms with van der Waals surface area (Å²) in [6.07, 6.45) is 6.21. The number of rotatable bonds is 1. The molecule has 0 fully saturated rings. The van der Waals surface area contributed by atoms with Gasteiger partial charge in [-0.3, -0.25) is 9.78 Å². The highest BCUT2D eigenvalue weighted by atomic mass is 32.2. The van der Waals surface area contributed by atoms with Crippen molar-refractivity contribution >= 4 is 38.7 Å². The monoisotopic (exact) mass is 539 g/mol. The zero-order valence-electron chi connectivity index (χ0n) is 22.0. The molecule has 2 bridgehead atoms. The molecular formula is C26H30FN7O3S. The zero-order valence-corrected chi connectivity index (χ0v) is 22.8. The van der Waals surface area contributed by atoms with Crippen LogP contribution in [0.1, 0.15) is 35.8 Å². The molecule has 1 aromatic carbocycles. The number of ether oxygens (including phenoxy) is 1. The molecule has 5 rings (SSSR count). The van der Waals surface area contributed by atoms with E-state index in [1.165, 1.54) is 18.6 Å². The second-order valence-corrected chi connectivity index (χ2v) is 12.6. The highest BCUT2D eigenvalue weighted by molar-refractivity contribution is 7.92. The molecule has 3 aromatic rings. The van der Waals surface area contributed by atoms with Crippen LogP contribution in [0.15, 0.2) is 39.8 Å². The minimum absolute atomic E-state index is 0.00541. The first-order chi connectivity index (χ1) is 18.0. The van der Waals surface area contributed by atoms with Crippen molar-refractivity contribution in [2.75, 3.05) is 35.9 Å². The maximum absolute atomic E-state index is 14.8. The molecule has 0 spiro atoms. The van der Waals surface area contributed by atoms with Gasteiger partial charge in [-0.25, -0.2) is 13.3 Å². The minimum Gasteiger partial charge on any atom is -0.477 e. The molecule has 4 heterocycles. The van der Waals surface area contributed by atoms with Crippen molar-refractivity contribution in [2.24, 2.45) is 22.3 Å². The fraction of sp³-hybridized carbons (Fsp3) is 0.385. The third-order valence-electron chi connectivity index (χ3n) is 6.32. The number of amides is 1. The fourth-order valence-corrected chi connectivity index (χ4v) is 5.24. The highest BCUT2D eigenvalue weighted by Gasteiger charge is 2.30. The van der Waals surface area contributed by atoms with Gasteiger partial charge in [-0.1, -0.05) is 6.92 Å². The number of halogens is 1. The number of carbonyl (C=O) groups is 1. The van der Waals surface area contributed by atoms with Crippen LogP contribution in [-0.2, 0) is 16.8 Å². The van der Waals surface area contributed by atoms with Gasteiger partial charge in [0.1, 0.15) is 5.69 Å². The smallest absolute Gasteiger partial charge is 0.280 e. The molecule has 10 nitrogen and oxygen atoms in total. The topological polar surface area (TPSA) is 114 Å². The molecule has 38 heavy (non-hydrogen) atoms. The van der Waals surface area contributed by atoms with Crippen molar-refractivity contribution in [1.29, 1.82) is 0 Å². The standard InChI is InChI=1S/C26H30FN7O3S/c1-15-7-6-8-37-25-18(13-28-33(25)3)20-10-17(9-16(2)29-20)24(35)31-26-30-22-11-19(27)21(32-38(4,5)36)12-23(22)34(26)14-15/h9-13,15H,6-8,14H2,1-5H3,(H,30,31,35). The summed E-state index contributed by atoms with van der Waals surface area (Å²) in [7, 11) is -0.773.